The number of amides is 2. The van der Waals surface area contributed by atoms with Gasteiger partial charge in [0.2, 0.25) is 11.7 Å². The third kappa shape index (κ3) is 3.48. The van der Waals surface area contributed by atoms with Gasteiger partial charge in [0, 0.05) is 10.9 Å². The van der Waals surface area contributed by atoms with E-state index in [2.05, 4.69) is 0 Å². The van der Waals surface area contributed by atoms with Crippen LogP contribution in [0.4, 0.5) is 11.4 Å². The first-order chi connectivity index (χ1) is 18.6. The number of hydrogen-bond donors (Lipinski definition) is 0. The van der Waals surface area contributed by atoms with E-state index >= 15 is 0 Å². The van der Waals surface area contributed by atoms with Crippen LogP contribution in [0.25, 0.3) is 10.8 Å². The summed E-state index contributed by atoms with van der Waals surface area (Å²) in [6.07, 6.45) is -1.01. The summed E-state index contributed by atoms with van der Waals surface area (Å²) in [4.78, 5) is 35.6. The predicted octanol–water partition coefficient (Wildman–Crippen LogP) is 4.92. The van der Waals surface area contributed by atoms with Crippen LogP contribution in [0.15, 0.2) is 84.9 Å². The lowest BCUT2D eigenvalue weighted by Crippen LogP contribution is -2.37. The Morgan fingerprint density at radius 1 is 0.711 bits per heavy atom. The van der Waals surface area contributed by atoms with E-state index in [1.54, 1.807) is 24.3 Å². The Labute approximate surface area is 219 Å². The monoisotopic (exact) mass is 510 g/mol. The molecule has 0 unspecified atom stereocenters. The predicted molar refractivity (Wildman–Crippen MR) is 143 cm³/mol. The zero-order chi connectivity index (χ0) is 26.4. The molecule has 0 N–H and O–H groups in total. The average Bonchev–Trinajstić information content (AvgIpc) is 3.47. The summed E-state index contributed by atoms with van der Waals surface area (Å²) in [6, 6.07) is 25.6. The highest BCUT2D eigenvalue weighted by Crippen LogP contribution is 2.53. The highest BCUT2D eigenvalue weighted by molar-refractivity contribution is 6.26. The third-order valence-corrected chi connectivity index (χ3v) is 7.19. The van der Waals surface area contributed by atoms with Gasteiger partial charge in [-0.25, -0.2) is 9.96 Å². The van der Waals surface area contributed by atoms with Gasteiger partial charge in [-0.2, -0.15) is 0 Å². The van der Waals surface area contributed by atoms with Crippen LogP contribution >= 0.6 is 0 Å². The van der Waals surface area contributed by atoms with E-state index in [1.165, 1.54) is 19.1 Å². The molecular formula is C30H26N2O6. The number of hydrogen-bond acceptors (Lipinski definition) is 7. The molecule has 0 aromatic heterocycles. The summed E-state index contributed by atoms with van der Waals surface area (Å²) < 4.78 is 16.9. The molecule has 8 heteroatoms. The maximum absolute atomic E-state index is 14.2. The van der Waals surface area contributed by atoms with Gasteiger partial charge in [0.25, 0.3) is 5.91 Å². The van der Waals surface area contributed by atoms with Gasteiger partial charge in [-0.1, -0.05) is 54.6 Å². The van der Waals surface area contributed by atoms with E-state index in [0.717, 1.165) is 10.8 Å². The van der Waals surface area contributed by atoms with E-state index in [4.69, 9.17) is 19.0 Å². The van der Waals surface area contributed by atoms with Crippen LogP contribution in [0.3, 0.4) is 0 Å². The van der Waals surface area contributed by atoms with Gasteiger partial charge in [-0.15, -0.1) is 0 Å². The van der Waals surface area contributed by atoms with Crippen molar-refractivity contribution in [3.05, 3.63) is 90.5 Å². The second kappa shape index (κ2) is 9.39. The van der Waals surface area contributed by atoms with Gasteiger partial charge < -0.3 is 14.2 Å². The van der Waals surface area contributed by atoms with E-state index in [9.17, 15) is 9.59 Å². The fraction of sp³-hybridized carbons (Fsp3) is 0.200. The van der Waals surface area contributed by atoms with Gasteiger partial charge >= 0.3 is 0 Å². The maximum atomic E-state index is 14.2. The van der Waals surface area contributed by atoms with Crippen molar-refractivity contribution in [3.63, 3.8) is 0 Å². The van der Waals surface area contributed by atoms with Crippen molar-refractivity contribution in [1.82, 2.24) is 0 Å². The molecule has 0 saturated carbocycles. The molecule has 0 spiro atoms. The molecule has 0 radical (unpaired) electrons. The summed E-state index contributed by atoms with van der Waals surface area (Å²) in [5, 5.41) is 3.39. The fourth-order valence-electron chi connectivity index (χ4n) is 5.53. The maximum Gasteiger partial charge on any atom is 0.266 e. The molecule has 0 aliphatic carbocycles. The molecule has 2 aliphatic heterocycles. The van der Waals surface area contributed by atoms with E-state index in [1.807, 2.05) is 72.8 Å². The number of rotatable bonds is 6. The number of carbonyl (C=O) groups is 2. The molecule has 4 aromatic rings. The van der Waals surface area contributed by atoms with E-state index < -0.39 is 24.0 Å². The van der Waals surface area contributed by atoms with Crippen molar-refractivity contribution < 1.29 is 28.6 Å². The highest BCUT2D eigenvalue weighted by Gasteiger charge is 2.61. The minimum atomic E-state index is -1.01. The summed E-state index contributed by atoms with van der Waals surface area (Å²) in [5.74, 6) is -0.275. The summed E-state index contributed by atoms with van der Waals surface area (Å²) in [6.45, 7) is 0. The lowest BCUT2D eigenvalue weighted by atomic mass is 9.89. The Morgan fingerprint density at radius 2 is 1.42 bits per heavy atom. The van der Waals surface area contributed by atoms with Crippen LogP contribution < -0.4 is 24.2 Å². The topological polar surface area (TPSA) is 77.5 Å². The molecule has 2 aliphatic rings. The Balaban J connectivity index is 1.51. The first-order valence-corrected chi connectivity index (χ1v) is 12.2. The fourth-order valence-corrected chi connectivity index (χ4v) is 5.53. The molecule has 3 atom stereocenters. The lowest BCUT2D eigenvalue weighted by Gasteiger charge is -2.30. The Morgan fingerprint density at radius 3 is 2.16 bits per heavy atom. The summed E-state index contributed by atoms with van der Waals surface area (Å²) in [5.41, 5.74) is 1.89. The molecule has 2 amide bonds. The number of fused-ring (bicyclic) bond motifs is 2. The first-order valence-electron chi connectivity index (χ1n) is 12.2. The smallest absolute Gasteiger partial charge is 0.266 e. The number of imide groups is 1. The number of para-hydroxylation sites is 1. The first kappa shape index (κ1) is 23.8. The molecule has 2 saturated heterocycles. The summed E-state index contributed by atoms with van der Waals surface area (Å²) in [7, 11) is 4.60. The Hall–Kier alpha value is -4.56. The average molecular weight is 511 g/mol. The van der Waals surface area contributed by atoms with Crippen LogP contribution in [-0.2, 0) is 14.4 Å². The van der Waals surface area contributed by atoms with Gasteiger partial charge in [-0.05, 0) is 35.7 Å². The Kier molecular flexibility index (Phi) is 5.88. The number of benzene rings is 4. The number of carbonyl (C=O) groups excluding carboxylic acids is 2. The molecule has 0 bridgehead atoms. The SMILES string of the molecule is COc1ccc([C@@H]2[C@@H]3C(=O)N(c4cccc5ccccc45)C(=O)[C@H]3ON2c2ccccc2)c(OC)c1OC. The quantitative estimate of drug-likeness (QED) is 0.341. The number of hydroxylamine groups is 1. The van der Waals surface area contributed by atoms with Gasteiger partial charge in [0.1, 0.15) is 12.0 Å². The van der Waals surface area contributed by atoms with E-state index in [-0.39, 0.29) is 5.91 Å². The van der Waals surface area contributed by atoms with Crippen LogP contribution in [-0.4, -0.2) is 39.2 Å². The molecule has 192 valence electrons. The van der Waals surface area contributed by atoms with Crippen molar-refractivity contribution in [1.29, 1.82) is 0 Å². The molecule has 4 aromatic carbocycles. The minimum Gasteiger partial charge on any atom is -0.493 e. The standard InChI is InChI=1S/C30H26N2O6/c1-35-23-17-16-21(26(36-2)27(23)37-3)25-24-28(38-32(25)19-12-5-4-6-13-19)30(34)31(29(24)33)22-15-9-11-18-10-7-8-14-20(18)22/h4-17,24-25,28H,1-3H3/t24-,25+,28-/m0/s1. The van der Waals surface area contributed by atoms with Crippen molar-refractivity contribution in [2.75, 3.05) is 31.3 Å². The van der Waals surface area contributed by atoms with Crippen LogP contribution in [0.2, 0.25) is 0 Å². The van der Waals surface area contributed by atoms with Crippen molar-refractivity contribution in [3.8, 4) is 17.2 Å². The number of nitrogens with zero attached hydrogens (tertiary/aromatic N) is 2. The highest BCUT2D eigenvalue weighted by atomic mass is 16.7. The van der Waals surface area contributed by atoms with Gasteiger partial charge in [0.05, 0.1) is 32.7 Å². The summed E-state index contributed by atoms with van der Waals surface area (Å²) >= 11 is 0. The van der Waals surface area contributed by atoms with Crippen molar-refractivity contribution in [2.45, 2.75) is 12.1 Å². The Bertz CT molecular complexity index is 1530. The number of methoxy groups -OCH3 is 3. The van der Waals surface area contributed by atoms with Crippen LogP contribution in [0.5, 0.6) is 17.2 Å². The molecule has 38 heavy (non-hydrogen) atoms. The normalized spacial score (nSPS) is 20.7. The zero-order valence-electron chi connectivity index (χ0n) is 21.2. The van der Waals surface area contributed by atoms with E-state index in [0.29, 0.717) is 34.2 Å². The zero-order valence-corrected chi connectivity index (χ0v) is 21.2. The number of anilines is 2. The molecule has 2 fully saturated rings. The molecule has 2 heterocycles. The molecule has 8 nitrogen and oxygen atoms in total. The molecular weight excluding hydrogens is 484 g/mol. The lowest BCUT2D eigenvalue weighted by molar-refractivity contribution is -0.126. The van der Waals surface area contributed by atoms with Crippen LogP contribution in [0, 0.1) is 5.92 Å². The van der Waals surface area contributed by atoms with Crippen molar-refractivity contribution >= 4 is 34.0 Å². The minimum absolute atomic E-state index is 0.336. The van der Waals surface area contributed by atoms with Gasteiger partial charge in [-0.3, -0.25) is 14.4 Å². The second-order valence-corrected chi connectivity index (χ2v) is 9.09. The molecule has 6 rings (SSSR count). The third-order valence-electron chi connectivity index (χ3n) is 7.19. The second-order valence-electron chi connectivity index (χ2n) is 9.09. The van der Waals surface area contributed by atoms with Crippen molar-refractivity contribution in [2.24, 2.45) is 5.92 Å². The van der Waals surface area contributed by atoms with Gasteiger partial charge in [0.15, 0.2) is 17.6 Å². The largest absolute Gasteiger partial charge is 0.493 e. The van der Waals surface area contributed by atoms with Crippen LogP contribution in [0.1, 0.15) is 11.6 Å². The number of ether oxygens (including phenoxy) is 3.